The molecule has 9 heteroatoms. The van der Waals surface area contributed by atoms with Crippen LogP contribution >= 0.6 is 23.5 Å². The van der Waals surface area contributed by atoms with Crippen LogP contribution in [0.2, 0.25) is 0 Å². The fourth-order valence-corrected chi connectivity index (χ4v) is 6.53. The molecule has 1 amide bonds. The number of carbonyl (C=O) groups excluding carboxylic acids is 1. The number of carbonyl (C=O) groups is 2. The van der Waals surface area contributed by atoms with Crippen molar-refractivity contribution < 1.29 is 24.1 Å². The minimum atomic E-state index is -0.975. The predicted molar refractivity (Wildman–Crippen MR) is 91.4 cm³/mol. The van der Waals surface area contributed by atoms with Crippen molar-refractivity contribution in [1.82, 2.24) is 0 Å². The van der Waals surface area contributed by atoms with E-state index >= 15 is 0 Å². The third-order valence-corrected chi connectivity index (χ3v) is 8.21. The van der Waals surface area contributed by atoms with Gasteiger partial charge in [-0.15, -0.1) is 11.8 Å². The fourth-order valence-electron chi connectivity index (χ4n) is 3.62. The van der Waals surface area contributed by atoms with Crippen LogP contribution in [0.5, 0.6) is 0 Å². The van der Waals surface area contributed by atoms with Crippen molar-refractivity contribution in [2.75, 3.05) is 6.26 Å². The number of carboxylic acid groups (broad SMARTS) is 1. The molecule has 2 saturated heterocycles. The molecule has 1 N–H and O–H groups in total. The Morgan fingerprint density at radius 2 is 2.12 bits per heavy atom. The molecular weight excluding hydrogens is 352 g/mol. The number of hydrogen-bond acceptors (Lipinski definition) is 6. The number of thioether (sulfide) groups is 2. The smallest absolute Gasteiger partial charge is 0.365 e. The zero-order valence-corrected chi connectivity index (χ0v) is 14.8. The minimum Gasteiger partial charge on any atom is -0.477 e. The number of amides is 1. The maximum Gasteiger partial charge on any atom is 0.365 e. The SMILES string of the molecule is CSC1(C)SC2CC(=O)[N+]2(Cc2ccc([N+](=O)[O-])cc2)[C@H]1C(=O)O. The van der Waals surface area contributed by atoms with Gasteiger partial charge in [-0.2, -0.15) is 0 Å². The summed E-state index contributed by atoms with van der Waals surface area (Å²) in [7, 11) is 0. The van der Waals surface area contributed by atoms with Crippen molar-refractivity contribution in [2.45, 2.75) is 35.4 Å². The number of rotatable bonds is 5. The fraction of sp³-hybridized carbons (Fsp3) is 0.467. The first-order valence-corrected chi connectivity index (χ1v) is 9.45. The second kappa shape index (κ2) is 5.75. The molecule has 2 aliphatic heterocycles. The van der Waals surface area contributed by atoms with Gasteiger partial charge in [0, 0.05) is 17.7 Å². The minimum absolute atomic E-state index is 0.0234. The topological polar surface area (TPSA) is 97.5 Å². The molecule has 2 fully saturated rings. The highest BCUT2D eigenvalue weighted by molar-refractivity contribution is 8.18. The van der Waals surface area contributed by atoms with Gasteiger partial charge in [0.1, 0.15) is 17.0 Å². The highest BCUT2D eigenvalue weighted by atomic mass is 32.2. The summed E-state index contributed by atoms with van der Waals surface area (Å²) in [5.74, 6) is -1.05. The maximum absolute atomic E-state index is 12.5. The summed E-state index contributed by atoms with van der Waals surface area (Å²) in [6.45, 7) is 2.13. The van der Waals surface area contributed by atoms with Gasteiger partial charge in [-0.25, -0.2) is 14.1 Å². The Bertz CT molecular complexity index is 725. The van der Waals surface area contributed by atoms with Crippen LogP contribution in [-0.4, -0.2) is 48.1 Å². The van der Waals surface area contributed by atoms with E-state index in [0.717, 1.165) is 5.56 Å². The lowest BCUT2D eigenvalue weighted by atomic mass is 9.97. The van der Waals surface area contributed by atoms with E-state index < -0.39 is 21.0 Å². The summed E-state index contributed by atoms with van der Waals surface area (Å²) in [4.78, 5) is 34.8. The van der Waals surface area contributed by atoms with E-state index in [1.54, 1.807) is 23.9 Å². The summed E-state index contributed by atoms with van der Waals surface area (Å²) in [6.07, 6.45) is 2.24. The van der Waals surface area contributed by atoms with Crippen LogP contribution in [0.25, 0.3) is 0 Å². The molecule has 0 aromatic heterocycles. The van der Waals surface area contributed by atoms with E-state index in [4.69, 9.17) is 0 Å². The highest BCUT2D eigenvalue weighted by Gasteiger charge is 2.74. The van der Waals surface area contributed by atoms with Crippen molar-refractivity contribution in [1.29, 1.82) is 0 Å². The van der Waals surface area contributed by atoms with Crippen LogP contribution in [0.3, 0.4) is 0 Å². The average molecular weight is 369 g/mol. The number of quaternary nitrogens is 1. The van der Waals surface area contributed by atoms with Gasteiger partial charge in [-0.1, -0.05) is 11.8 Å². The molecule has 0 radical (unpaired) electrons. The van der Waals surface area contributed by atoms with Crippen LogP contribution in [0, 0.1) is 10.1 Å². The van der Waals surface area contributed by atoms with E-state index in [0.29, 0.717) is 6.42 Å². The monoisotopic (exact) mass is 369 g/mol. The van der Waals surface area contributed by atoms with Crippen molar-refractivity contribution in [2.24, 2.45) is 0 Å². The Labute approximate surface area is 147 Å². The first-order valence-electron chi connectivity index (χ1n) is 7.34. The molecule has 128 valence electrons. The molecule has 4 atom stereocenters. The van der Waals surface area contributed by atoms with Crippen molar-refractivity contribution in [3.63, 3.8) is 0 Å². The molecule has 3 rings (SSSR count). The standard InChI is InChI=1S/C15H16N2O5S2/c1-15(23-2)13(14(19)20)17(11(18)7-12(17)24-15)8-9-3-5-10(6-4-9)16(21)22/h3-6,12-13H,7-8H2,1-2H3/p+1/t12?,13-,15?,17?/m0/s1. The van der Waals surface area contributed by atoms with Crippen molar-refractivity contribution in [3.05, 3.63) is 39.9 Å². The number of aliphatic carboxylic acids is 1. The van der Waals surface area contributed by atoms with Crippen molar-refractivity contribution >= 4 is 41.1 Å². The third-order valence-electron chi connectivity index (χ3n) is 4.89. The molecular formula is C15H17N2O5S2+. The van der Waals surface area contributed by atoms with Crippen LogP contribution in [0.15, 0.2) is 24.3 Å². The normalized spacial score (nSPS) is 34.5. The van der Waals surface area contributed by atoms with Crippen LogP contribution in [-0.2, 0) is 16.1 Å². The van der Waals surface area contributed by atoms with Crippen LogP contribution < -0.4 is 0 Å². The number of benzene rings is 1. The maximum atomic E-state index is 12.5. The van der Waals surface area contributed by atoms with Gasteiger partial charge in [-0.3, -0.25) is 10.1 Å². The molecule has 0 bridgehead atoms. The lowest BCUT2D eigenvalue weighted by Crippen LogP contribution is -2.71. The Kier molecular flexibility index (Phi) is 4.13. The number of non-ortho nitro benzene ring substituents is 1. The second-order valence-corrected chi connectivity index (χ2v) is 9.29. The lowest BCUT2D eigenvalue weighted by Gasteiger charge is -2.47. The number of β-lactam (4-membered cyclic amide) rings is 1. The number of carboxylic acids is 1. The highest BCUT2D eigenvalue weighted by Crippen LogP contribution is 2.61. The molecule has 0 aliphatic carbocycles. The number of nitro groups is 1. The van der Waals surface area contributed by atoms with Gasteiger partial charge in [-0.05, 0) is 25.3 Å². The first kappa shape index (κ1) is 17.2. The summed E-state index contributed by atoms with van der Waals surface area (Å²) >= 11 is 3.02. The molecule has 2 heterocycles. The number of fused-ring (bicyclic) bond motifs is 1. The van der Waals surface area contributed by atoms with E-state index in [1.807, 2.05) is 13.2 Å². The predicted octanol–water partition coefficient (Wildman–Crippen LogP) is 2.45. The van der Waals surface area contributed by atoms with E-state index in [1.165, 1.54) is 23.9 Å². The summed E-state index contributed by atoms with van der Waals surface area (Å²) in [6, 6.07) is 5.15. The largest absolute Gasteiger partial charge is 0.477 e. The van der Waals surface area contributed by atoms with E-state index in [9.17, 15) is 24.8 Å². The van der Waals surface area contributed by atoms with Crippen LogP contribution in [0.1, 0.15) is 18.9 Å². The average Bonchev–Trinajstić information content (AvgIpc) is 2.73. The van der Waals surface area contributed by atoms with Crippen LogP contribution in [0.4, 0.5) is 5.69 Å². The molecule has 24 heavy (non-hydrogen) atoms. The van der Waals surface area contributed by atoms with Gasteiger partial charge in [0.15, 0.2) is 5.37 Å². The van der Waals surface area contributed by atoms with E-state index in [2.05, 4.69) is 0 Å². The van der Waals surface area contributed by atoms with Gasteiger partial charge in [0.25, 0.3) is 5.69 Å². The number of nitro benzene ring substituents is 1. The Hall–Kier alpha value is -1.58. The third kappa shape index (κ3) is 2.34. The van der Waals surface area contributed by atoms with E-state index in [-0.39, 0.29) is 28.0 Å². The van der Waals surface area contributed by atoms with Gasteiger partial charge < -0.3 is 5.11 Å². The lowest BCUT2D eigenvalue weighted by molar-refractivity contribution is -0.913. The van der Waals surface area contributed by atoms with Gasteiger partial charge >= 0.3 is 11.9 Å². The summed E-state index contributed by atoms with van der Waals surface area (Å²) in [5, 5.41) is 20.5. The Morgan fingerprint density at radius 1 is 1.50 bits per heavy atom. The summed E-state index contributed by atoms with van der Waals surface area (Å²) < 4.78 is -0.682. The number of hydrogen-bond donors (Lipinski definition) is 1. The van der Waals surface area contributed by atoms with Gasteiger partial charge in [0.2, 0.25) is 6.04 Å². The first-order chi connectivity index (χ1) is 11.2. The summed E-state index contributed by atoms with van der Waals surface area (Å²) in [5.41, 5.74) is 0.709. The molecule has 0 spiro atoms. The number of nitrogens with zero attached hydrogens (tertiary/aromatic N) is 2. The molecule has 1 aromatic carbocycles. The molecule has 3 unspecified atom stereocenters. The molecule has 0 saturated carbocycles. The molecule has 2 aliphatic rings. The van der Waals surface area contributed by atoms with Gasteiger partial charge in [0.05, 0.1) is 4.92 Å². The molecule has 1 aromatic rings. The zero-order valence-electron chi connectivity index (χ0n) is 13.2. The quantitative estimate of drug-likeness (QED) is 0.368. The second-order valence-electron chi connectivity index (χ2n) is 6.14. The zero-order chi connectivity index (χ0) is 17.7. The van der Waals surface area contributed by atoms with Crippen molar-refractivity contribution in [3.8, 4) is 0 Å². The Morgan fingerprint density at radius 3 is 2.58 bits per heavy atom. The Balaban J connectivity index is 1.98. The molecule has 7 nitrogen and oxygen atoms in total.